The zero-order valence-corrected chi connectivity index (χ0v) is 11.7. The van der Waals surface area contributed by atoms with Crippen molar-refractivity contribution in [2.45, 2.75) is 38.4 Å². The number of ether oxygens (including phenoxy) is 4. The third-order valence-electron chi connectivity index (χ3n) is 3.88. The quantitative estimate of drug-likeness (QED) is 0.801. The second-order valence-corrected chi connectivity index (χ2v) is 5.33. The van der Waals surface area contributed by atoms with Gasteiger partial charge >= 0.3 is 0 Å². The van der Waals surface area contributed by atoms with E-state index in [0.717, 1.165) is 39.1 Å². The van der Waals surface area contributed by atoms with Crippen molar-refractivity contribution in [1.82, 2.24) is 0 Å². The maximum atomic E-state index is 5.91. The lowest BCUT2D eigenvalue weighted by Crippen LogP contribution is -2.21. The summed E-state index contributed by atoms with van der Waals surface area (Å²) in [5.74, 6) is 0.450. The molecule has 2 atom stereocenters. The summed E-state index contributed by atoms with van der Waals surface area (Å²) in [5, 5.41) is 0. The fourth-order valence-corrected chi connectivity index (χ4v) is 2.75. The Hall–Kier alpha value is -0.940. The van der Waals surface area contributed by atoms with Crippen LogP contribution in [0.1, 0.15) is 24.8 Å². The van der Waals surface area contributed by atoms with Gasteiger partial charge in [0.2, 0.25) is 0 Å². The average molecular weight is 278 g/mol. The summed E-state index contributed by atoms with van der Waals surface area (Å²) in [4.78, 5) is 0. The number of benzene rings is 1. The minimum Gasteiger partial charge on any atom is -0.352 e. The van der Waals surface area contributed by atoms with Crippen LogP contribution in [0.25, 0.3) is 0 Å². The highest BCUT2D eigenvalue weighted by molar-refractivity contribution is 5.13. The lowest BCUT2D eigenvalue weighted by molar-refractivity contribution is -0.143. The van der Waals surface area contributed by atoms with Gasteiger partial charge in [-0.05, 0) is 24.8 Å². The molecule has 4 heteroatoms. The van der Waals surface area contributed by atoms with Crippen LogP contribution in [0.4, 0.5) is 0 Å². The average Bonchev–Trinajstić information content (AvgIpc) is 3.15. The molecule has 2 fully saturated rings. The van der Waals surface area contributed by atoms with Crippen molar-refractivity contribution in [2.75, 3.05) is 19.8 Å². The molecule has 0 bridgehead atoms. The van der Waals surface area contributed by atoms with Crippen molar-refractivity contribution in [2.24, 2.45) is 5.92 Å². The molecule has 0 N–H and O–H groups in total. The van der Waals surface area contributed by atoms with Crippen molar-refractivity contribution in [3.05, 3.63) is 35.9 Å². The van der Waals surface area contributed by atoms with Crippen molar-refractivity contribution < 1.29 is 18.9 Å². The molecule has 0 amide bonds. The molecule has 20 heavy (non-hydrogen) atoms. The molecule has 110 valence electrons. The van der Waals surface area contributed by atoms with Crippen molar-refractivity contribution >= 4 is 0 Å². The Balaban J connectivity index is 1.43. The number of rotatable bonds is 6. The van der Waals surface area contributed by atoms with Gasteiger partial charge in [-0.3, -0.25) is 0 Å². The van der Waals surface area contributed by atoms with Gasteiger partial charge in [0.25, 0.3) is 0 Å². The number of hydrogen-bond acceptors (Lipinski definition) is 4. The minimum atomic E-state index is -0.0865. The van der Waals surface area contributed by atoms with E-state index >= 15 is 0 Å². The summed E-state index contributed by atoms with van der Waals surface area (Å²) in [6.45, 7) is 2.84. The summed E-state index contributed by atoms with van der Waals surface area (Å²) < 4.78 is 22.6. The number of hydrogen-bond donors (Lipinski definition) is 0. The van der Waals surface area contributed by atoms with E-state index in [1.807, 2.05) is 18.2 Å². The van der Waals surface area contributed by atoms with E-state index in [1.165, 1.54) is 5.56 Å². The SMILES string of the molecule is c1ccc(CO[C@@H]2OCC[C@H]2CCC2OCCO2)cc1. The molecule has 0 radical (unpaired) electrons. The molecule has 1 aromatic carbocycles. The van der Waals surface area contributed by atoms with Gasteiger partial charge in [0.15, 0.2) is 12.6 Å². The monoisotopic (exact) mass is 278 g/mol. The van der Waals surface area contributed by atoms with Crippen LogP contribution in [0, 0.1) is 5.92 Å². The molecule has 0 aromatic heterocycles. The highest BCUT2D eigenvalue weighted by Gasteiger charge is 2.30. The Bertz CT molecular complexity index is 389. The van der Waals surface area contributed by atoms with E-state index in [1.54, 1.807) is 0 Å². The summed E-state index contributed by atoms with van der Waals surface area (Å²) in [6.07, 6.45) is 2.91. The van der Waals surface area contributed by atoms with Gasteiger partial charge in [-0.15, -0.1) is 0 Å². The van der Waals surface area contributed by atoms with Crippen molar-refractivity contribution in [3.8, 4) is 0 Å². The van der Waals surface area contributed by atoms with E-state index in [4.69, 9.17) is 18.9 Å². The lowest BCUT2D eigenvalue weighted by Gasteiger charge is -2.20. The molecular weight excluding hydrogens is 256 g/mol. The zero-order chi connectivity index (χ0) is 13.6. The predicted octanol–water partition coefficient (Wildman–Crippen LogP) is 2.72. The van der Waals surface area contributed by atoms with Gasteiger partial charge in [-0.2, -0.15) is 0 Å². The van der Waals surface area contributed by atoms with Crippen LogP contribution in [0.2, 0.25) is 0 Å². The van der Waals surface area contributed by atoms with E-state index in [9.17, 15) is 0 Å². The van der Waals surface area contributed by atoms with Crippen LogP contribution in [-0.2, 0) is 25.6 Å². The topological polar surface area (TPSA) is 36.9 Å². The Morgan fingerprint density at radius 3 is 2.55 bits per heavy atom. The Morgan fingerprint density at radius 2 is 1.75 bits per heavy atom. The fourth-order valence-electron chi connectivity index (χ4n) is 2.75. The lowest BCUT2D eigenvalue weighted by atomic mass is 10.0. The standard InChI is InChI=1S/C16H22O4/c1-2-4-13(5-3-1)12-20-16-14(8-9-19-16)6-7-15-17-10-11-18-15/h1-5,14-16H,6-12H2/t14-,16+/m1/s1. The molecule has 4 nitrogen and oxygen atoms in total. The third kappa shape index (κ3) is 3.79. The van der Waals surface area contributed by atoms with E-state index in [0.29, 0.717) is 12.5 Å². The normalized spacial score (nSPS) is 27.2. The van der Waals surface area contributed by atoms with Gasteiger partial charge < -0.3 is 18.9 Å². The van der Waals surface area contributed by atoms with E-state index in [-0.39, 0.29) is 12.6 Å². The highest BCUT2D eigenvalue weighted by atomic mass is 16.7. The second kappa shape index (κ2) is 7.18. The first-order valence-corrected chi connectivity index (χ1v) is 7.42. The van der Waals surface area contributed by atoms with Crippen LogP contribution in [0.3, 0.4) is 0 Å². The second-order valence-electron chi connectivity index (χ2n) is 5.33. The molecule has 2 aliphatic rings. The molecule has 0 saturated carbocycles. The molecule has 0 spiro atoms. The highest BCUT2D eigenvalue weighted by Crippen LogP contribution is 2.28. The first kappa shape index (κ1) is 14.0. The first-order valence-electron chi connectivity index (χ1n) is 7.42. The molecule has 2 saturated heterocycles. The minimum absolute atomic E-state index is 0.0228. The van der Waals surface area contributed by atoms with Crippen LogP contribution in [-0.4, -0.2) is 32.4 Å². The molecule has 0 aliphatic carbocycles. The third-order valence-corrected chi connectivity index (χ3v) is 3.88. The van der Waals surface area contributed by atoms with Gasteiger partial charge in [-0.25, -0.2) is 0 Å². The summed E-state index contributed by atoms with van der Waals surface area (Å²) in [5.41, 5.74) is 1.18. The first-order chi connectivity index (χ1) is 9.92. The van der Waals surface area contributed by atoms with Crippen LogP contribution in [0.5, 0.6) is 0 Å². The smallest absolute Gasteiger partial charge is 0.160 e. The fraction of sp³-hybridized carbons (Fsp3) is 0.625. The van der Waals surface area contributed by atoms with Crippen molar-refractivity contribution in [1.29, 1.82) is 0 Å². The summed E-state index contributed by atoms with van der Waals surface area (Å²) in [6, 6.07) is 10.2. The van der Waals surface area contributed by atoms with E-state index in [2.05, 4.69) is 12.1 Å². The van der Waals surface area contributed by atoms with Gasteiger partial charge in [0.05, 0.1) is 26.4 Å². The van der Waals surface area contributed by atoms with Crippen LogP contribution >= 0.6 is 0 Å². The molecule has 3 rings (SSSR count). The van der Waals surface area contributed by atoms with E-state index < -0.39 is 0 Å². The molecular formula is C16H22O4. The maximum absolute atomic E-state index is 5.91. The summed E-state index contributed by atoms with van der Waals surface area (Å²) in [7, 11) is 0. The maximum Gasteiger partial charge on any atom is 0.160 e. The molecule has 0 unspecified atom stereocenters. The van der Waals surface area contributed by atoms with Gasteiger partial charge in [-0.1, -0.05) is 30.3 Å². The molecule has 1 aromatic rings. The largest absolute Gasteiger partial charge is 0.352 e. The van der Waals surface area contributed by atoms with Crippen LogP contribution in [0.15, 0.2) is 30.3 Å². The predicted molar refractivity (Wildman–Crippen MR) is 74.0 cm³/mol. The molecule has 2 aliphatic heterocycles. The Kier molecular flexibility index (Phi) is 5.03. The van der Waals surface area contributed by atoms with Crippen molar-refractivity contribution in [3.63, 3.8) is 0 Å². The Morgan fingerprint density at radius 1 is 0.950 bits per heavy atom. The zero-order valence-electron chi connectivity index (χ0n) is 11.7. The summed E-state index contributed by atoms with van der Waals surface area (Å²) >= 11 is 0. The van der Waals surface area contributed by atoms with Crippen LogP contribution < -0.4 is 0 Å². The van der Waals surface area contributed by atoms with Gasteiger partial charge in [0.1, 0.15) is 0 Å². The van der Waals surface area contributed by atoms with Gasteiger partial charge in [0, 0.05) is 5.92 Å². The Labute approximate surface area is 120 Å². The molecule has 2 heterocycles.